The topological polar surface area (TPSA) is 55.0 Å². The van der Waals surface area contributed by atoms with Gasteiger partial charge in [0.25, 0.3) is 0 Å². The Morgan fingerprint density at radius 2 is 1.72 bits per heavy atom. The summed E-state index contributed by atoms with van der Waals surface area (Å²) in [5, 5.41) is 0. The molecular weight excluding hydrogens is 224 g/mol. The first kappa shape index (κ1) is 12.5. The lowest BCUT2D eigenvalue weighted by atomic mass is 10.1. The van der Waals surface area contributed by atoms with Gasteiger partial charge in [-0.15, -0.1) is 0 Å². The molecule has 2 N–H and O–H groups in total. The van der Waals surface area contributed by atoms with Crippen molar-refractivity contribution in [2.45, 2.75) is 13.0 Å². The molecule has 4 heteroatoms. The molecule has 0 bridgehead atoms. The predicted octanol–water partition coefficient (Wildman–Crippen LogP) is 1.93. The summed E-state index contributed by atoms with van der Waals surface area (Å²) in [5.41, 5.74) is 7.78. The molecule has 4 nitrogen and oxygen atoms in total. The molecule has 94 valence electrons. The number of aromatic nitrogens is 2. The summed E-state index contributed by atoms with van der Waals surface area (Å²) in [4.78, 5) is 10.7. The molecule has 1 aromatic heterocycles. The number of hydrogen-bond acceptors (Lipinski definition) is 4. The van der Waals surface area contributed by atoms with Gasteiger partial charge < -0.3 is 10.6 Å². The highest BCUT2D eigenvalue weighted by molar-refractivity contribution is 5.61. The van der Waals surface area contributed by atoms with Crippen LogP contribution in [-0.4, -0.2) is 29.6 Å². The van der Waals surface area contributed by atoms with Crippen molar-refractivity contribution in [2.75, 3.05) is 18.5 Å². The van der Waals surface area contributed by atoms with Gasteiger partial charge in [-0.05, 0) is 12.5 Å². The molecule has 2 rings (SSSR count). The van der Waals surface area contributed by atoms with Crippen molar-refractivity contribution in [3.63, 3.8) is 0 Å². The third-order valence-electron chi connectivity index (χ3n) is 3.06. The molecular formula is C14H18N4. The Labute approximate surface area is 107 Å². The molecule has 0 fully saturated rings. The predicted molar refractivity (Wildman–Crippen MR) is 74.4 cm³/mol. The first-order chi connectivity index (χ1) is 8.72. The van der Waals surface area contributed by atoms with E-state index in [9.17, 15) is 0 Å². The Morgan fingerprint density at radius 1 is 1.11 bits per heavy atom. The minimum absolute atomic E-state index is 0.229. The molecule has 0 saturated carbocycles. The van der Waals surface area contributed by atoms with E-state index in [0.717, 1.165) is 11.1 Å². The summed E-state index contributed by atoms with van der Waals surface area (Å²) < 4.78 is 0. The lowest BCUT2D eigenvalue weighted by molar-refractivity contribution is 0.678. The number of nitrogens with zero attached hydrogens (tertiary/aromatic N) is 3. The molecule has 0 aliphatic rings. The quantitative estimate of drug-likeness (QED) is 0.890. The van der Waals surface area contributed by atoms with Crippen LogP contribution in [0.3, 0.4) is 0 Å². The second kappa shape index (κ2) is 5.60. The van der Waals surface area contributed by atoms with E-state index in [-0.39, 0.29) is 6.04 Å². The smallest absolute Gasteiger partial charge is 0.225 e. The average Bonchev–Trinajstić information content (AvgIpc) is 2.47. The van der Waals surface area contributed by atoms with E-state index in [1.165, 1.54) is 0 Å². The third kappa shape index (κ3) is 2.65. The summed E-state index contributed by atoms with van der Waals surface area (Å²) in [6, 6.07) is 10.3. The SMILES string of the molecule is CC(CN)N(C)c1ncc(-c2ccccc2)cn1. The summed E-state index contributed by atoms with van der Waals surface area (Å²) in [6.45, 7) is 2.63. The zero-order valence-corrected chi connectivity index (χ0v) is 10.7. The highest BCUT2D eigenvalue weighted by atomic mass is 15.2. The molecule has 0 radical (unpaired) electrons. The van der Waals surface area contributed by atoms with Crippen molar-refractivity contribution in [3.05, 3.63) is 42.7 Å². The van der Waals surface area contributed by atoms with Crippen LogP contribution in [0.5, 0.6) is 0 Å². The van der Waals surface area contributed by atoms with Crippen molar-refractivity contribution >= 4 is 5.95 Å². The van der Waals surface area contributed by atoms with E-state index in [4.69, 9.17) is 5.73 Å². The molecule has 0 aliphatic carbocycles. The van der Waals surface area contributed by atoms with Crippen molar-refractivity contribution < 1.29 is 0 Å². The van der Waals surface area contributed by atoms with Gasteiger partial charge in [0.2, 0.25) is 5.95 Å². The minimum Gasteiger partial charge on any atom is -0.340 e. The maximum atomic E-state index is 5.63. The molecule has 1 aromatic carbocycles. The summed E-state index contributed by atoms with van der Waals surface area (Å²) in [7, 11) is 1.95. The molecule has 1 unspecified atom stereocenters. The van der Waals surface area contributed by atoms with Crippen molar-refractivity contribution in [1.29, 1.82) is 0 Å². The highest BCUT2D eigenvalue weighted by Gasteiger charge is 2.10. The second-order valence-corrected chi connectivity index (χ2v) is 4.33. The number of likely N-dealkylation sites (N-methyl/N-ethyl adjacent to an activating group) is 1. The number of rotatable bonds is 4. The van der Waals surface area contributed by atoms with Crippen LogP contribution in [0.4, 0.5) is 5.95 Å². The summed E-state index contributed by atoms with van der Waals surface area (Å²) >= 11 is 0. The number of hydrogen-bond donors (Lipinski definition) is 1. The van der Waals surface area contributed by atoms with Gasteiger partial charge in [0.05, 0.1) is 0 Å². The molecule has 0 amide bonds. The maximum Gasteiger partial charge on any atom is 0.225 e. The number of anilines is 1. The van der Waals surface area contributed by atoms with Gasteiger partial charge in [-0.1, -0.05) is 30.3 Å². The van der Waals surface area contributed by atoms with E-state index in [2.05, 4.69) is 16.9 Å². The maximum absolute atomic E-state index is 5.63. The van der Waals surface area contributed by atoms with Gasteiger partial charge in [0.15, 0.2) is 0 Å². The van der Waals surface area contributed by atoms with Crippen LogP contribution in [0.25, 0.3) is 11.1 Å². The number of nitrogens with two attached hydrogens (primary N) is 1. The fourth-order valence-corrected chi connectivity index (χ4v) is 1.64. The Bertz CT molecular complexity index is 481. The van der Waals surface area contributed by atoms with Gasteiger partial charge in [-0.3, -0.25) is 0 Å². The number of benzene rings is 1. The summed E-state index contributed by atoms with van der Waals surface area (Å²) in [5.74, 6) is 0.702. The van der Waals surface area contributed by atoms with Crippen molar-refractivity contribution in [3.8, 4) is 11.1 Å². The average molecular weight is 242 g/mol. The second-order valence-electron chi connectivity index (χ2n) is 4.33. The Hall–Kier alpha value is -1.94. The third-order valence-corrected chi connectivity index (χ3v) is 3.06. The molecule has 0 spiro atoms. The highest BCUT2D eigenvalue weighted by Crippen LogP contribution is 2.18. The van der Waals surface area contributed by atoms with E-state index >= 15 is 0 Å². The molecule has 0 aliphatic heterocycles. The molecule has 2 aromatic rings. The van der Waals surface area contributed by atoms with Crippen LogP contribution >= 0.6 is 0 Å². The minimum atomic E-state index is 0.229. The van der Waals surface area contributed by atoms with Crippen LogP contribution in [-0.2, 0) is 0 Å². The van der Waals surface area contributed by atoms with Gasteiger partial charge in [-0.25, -0.2) is 9.97 Å². The largest absolute Gasteiger partial charge is 0.340 e. The Morgan fingerprint density at radius 3 is 2.28 bits per heavy atom. The standard InChI is InChI=1S/C14H18N4/c1-11(8-15)18(2)14-16-9-13(10-17-14)12-6-4-3-5-7-12/h3-7,9-11H,8,15H2,1-2H3. The first-order valence-corrected chi connectivity index (χ1v) is 6.02. The van der Waals surface area contributed by atoms with E-state index in [1.54, 1.807) is 0 Å². The van der Waals surface area contributed by atoms with Crippen LogP contribution < -0.4 is 10.6 Å². The van der Waals surface area contributed by atoms with Gasteiger partial charge >= 0.3 is 0 Å². The molecule has 1 heterocycles. The van der Waals surface area contributed by atoms with E-state index < -0.39 is 0 Å². The lowest BCUT2D eigenvalue weighted by Crippen LogP contribution is -2.36. The van der Waals surface area contributed by atoms with Gasteiger partial charge in [-0.2, -0.15) is 0 Å². The Balaban J connectivity index is 2.20. The lowest BCUT2D eigenvalue weighted by Gasteiger charge is -2.23. The van der Waals surface area contributed by atoms with Crippen LogP contribution in [0, 0.1) is 0 Å². The molecule has 0 saturated heterocycles. The molecule has 1 atom stereocenters. The van der Waals surface area contributed by atoms with E-state index in [0.29, 0.717) is 12.5 Å². The van der Waals surface area contributed by atoms with E-state index in [1.807, 2.05) is 54.7 Å². The zero-order chi connectivity index (χ0) is 13.0. The van der Waals surface area contributed by atoms with Crippen LogP contribution in [0.1, 0.15) is 6.92 Å². The van der Waals surface area contributed by atoms with Gasteiger partial charge in [0.1, 0.15) is 0 Å². The van der Waals surface area contributed by atoms with Crippen molar-refractivity contribution in [1.82, 2.24) is 9.97 Å². The van der Waals surface area contributed by atoms with Crippen molar-refractivity contribution in [2.24, 2.45) is 5.73 Å². The van der Waals surface area contributed by atoms with Crippen LogP contribution in [0.2, 0.25) is 0 Å². The van der Waals surface area contributed by atoms with Gasteiger partial charge in [0, 0.05) is 37.6 Å². The monoisotopic (exact) mass is 242 g/mol. The van der Waals surface area contributed by atoms with Crippen LogP contribution in [0.15, 0.2) is 42.7 Å². The molecule has 18 heavy (non-hydrogen) atoms. The zero-order valence-electron chi connectivity index (χ0n) is 10.7. The summed E-state index contributed by atoms with van der Waals surface area (Å²) in [6.07, 6.45) is 3.69. The first-order valence-electron chi connectivity index (χ1n) is 6.02. The normalized spacial score (nSPS) is 12.2. The fourth-order valence-electron chi connectivity index (χ4n) is 1.64. The Kier molecular flexibility index (Phi) is 3.89. The fraction of sp³-hybridized carbons (Fsp3) is 0.286.